The monoisotopic (exact) mass is 367 g/mol. The maximum absolute atomic E-state index is 12.6. The first kappa shape index (κ1) is 18.6. The number of rotatable bonds is 5. The van der Waals surface area contributed by atoms with Crippen molar-refractivity contribution < 1.29 is 14.7 Å². The topological polar surface area (TPSA) is 112 Å². The SMILES string of the molecule is CCc1cc(=O)[nH]c(-c2cccc(NC(=O)C3CC=CCC3C(=O)O)c2)n1. The summed E-state index contributed by atoms with van der Waals surface area (Å²) in [7, 11) is 0. The minimum absolute atomic E-state index is 0.232. The summed E-state index contributed by atoms with van der Waals surface area (Å²) in [5.74, 6) is -2.20. The maximum Gasteiger partial charge on any atom is 0.307 e. The second kappa shape index (κ2) is 7.99. The number of nitrogens with one attached hydrogen (secondary N) is 2. The number of benzene rings is 1. The van der Waals surface area contributed by atoms with Gasteiger partial charge in [-0.1, -0.05) is 31.2 Å². The van der Waals surface area contributed by atoms with E-state index in [2.05, 4.69) is 15.3 Å². The highest BCUT2D eigenvalue weighted by Crippen LogP contribution is 2.28. The molecule has 3 rings (SSSR count). The molecule has 0 fully saturated rings. The summed E-state index contributed by atoms with van der Waals surface area (Å²) in [6.45, 7) is 1.92. The van der Waals surface area contributed by atoms with Crippen molar-refractivity contribution in [1.29, 1.82) is 0 Å². The summed E-state index contributed by atoms with van der Waals surface area (Å²) < 4.78 is 0. The van der Waals surface area contributed by atoms with Crippen LogP contribution in [0.25, 0.3) is 11.4 Å². The lowest BCUT2D eigenvalue weighted by molar-refractivity contribution is -0.146. The van der Waals surface area contributed by atoms with Gasteiger partial charge < -0.3 is 15.4 Å². The molecule has 1 heterocycles. The number of hydrogen-bond donors (Lipinski definition) is 3. The van der Waals surface area contributed by atoms with Crippen LogP contribution in [0, 0.1) is 11.8 Å². The second-order valence-electron chi connectivity index (χ2n) is 6.50. The van der Waals surface area contributed by atoms with Gasteiger partial charge >= 0.3 is 5.97 Å². The van der Waals surface area contributed by atoms with E-state index in [1.54, 1.807) is 30.3 Å². The maximum atomic E-state index is 12.6. The molecule has 1 aromatic carbocycles. The predicted octanol–water partition coefficient (Wildman–Crippen LogP) is 2.60. The van der Waals surface area contributed by atoms with Gasteiger partial charge in [0.1, 0.15) is 5.82 Å². The van der Waals surface area contributed by atoms with Gasteiger partial charge in [0.05, 0.1) is 11.8 Å². The number of hydrogen-bond acceptors (Lipinski definition) is 4. The second-order valence-corrected chi connectivity index (χ2v) is 6.50. The number of carbonyl (C=O) groups excluding carboxylic acids is 1. The van der Waals surface area contributed by atoms with Gasteiger partial charge in [0.25, 0.3) is 5.56 Å². The predicted molar refractivity (Wildman–Crippen MR) is 101 cm³/mol. The Balaban J connectivity index is 1.83. The van der Waals surface area contributed by atoms with Crippen LogP contribution >= 0.6 is 0 Å². The number of aromatic amines is 1. The van der Waals surface area contributed by atoms with Gasteiger partial charge in [0, 0.05) is 23.0 Å². The lowest BCUT2D eigenvalue weighted by atomic mass is 9.82. The third-order valence-corrected chi connectivity index (χ3v) is 4.65. The molecule has 2 unspecified atom stereocenters. The number of allylic oxidation sites excluding steroid dienone is 2. The van der Waals surface area contributed by atoms with Crippen molar-refractivity contribution >= 4 is 17.6 Å². The van der Waals surface area contributed by atoms with Crippen LogP contribution in [0.15, 0.2) is 47.3 Å². The molecule has 0 saturated heterocycles. The number of aromatic nitrogens is 2. The molecular weight excluding hydrogens is 346 g/mol. The Kier molecular flexibility index (Phi) is 5.49. The smallest absolute Gasteiger partial charge is 0.307 e. The van der Waals surface area contributed by atoms with E-state index in [9.17, 15) is 19.5 Å². The Morgan fingerprint density at radius 2 is 1.96 bits per heavy atom. The molecule has 140 valence electrons. The normalized spacial score (nSPS) is 18.9. The number of carboxylic acids is 1. The first-order chi connectivity index (χ1) is 13.0. The Morgan fingerprint density at radius 1 is 1.22 bits per heavy atom. The molecule has 0 aliphatic heterocycles. The van der Waals surface area contributed by atoms with Crippen LogP contribution in [-0.2, 0) is 16.0 Å². The average molecular weight is 367 g/mol. The minimum atomic E-state index is -0.966. The zero-order valence-corrected chi connectivity index (χ0v) is 14.9. The van der Waals surface area contributed by atoms with Gasteiger partial charge in [0.15, 0.2) is 0 Å². The van der Waals surface area contributed by atoms with E-state index in [4.69, 9.17) is 0 Å². The molecule has 0 bridgehead atoms. The Bertz CT molecular complexity index is 948. The highest BCUT2D eigenvalue weighted by molar-refractivity contribution is 5.95. The minimum Gasteiger partial charge on any atom is -0.481 e. The quantitative estimate of drug-likeness (QED) is 0.703. The Labute approximate surface area is 156 Å². The molecule has 0 spiro atoms. The zero-order chi connectivity index (χ0) is 19.4. The molecule has 2 atom stereocenters. The van der Waals surface area contributed by atoms with Crippen molar-refractivity contribution in [3.05, 3.63) is 58.5 Å². The highest BCUT2D eigenvalue weighted by atomic mass is 16.4. The van der Waals surface area contributed by atoms with Crippen molar-refractivity contribution in [1.82, 2.24) is 9.97 Å². The number of carboxylic acid groups (broad SMARTS) is 1. The van der Waals surface area contributed by atoms with Gasteiger partial charge in [-0.05, 0) is 31.4 Å². The fourth-order valence-corrected chi connectivity index (χ4v) is 3.18. The van der Waals surface area contributed by atoms with Crippen molar-refractivity contribution in [2.24, 2.45) is 11.8 Å². The molecular formula is C20H21N3O4. The molecule has 1 aliphatic carbocycles. The number of H-pyrrole nitrogens is 1. The summed E-state index contributed by atoms with van der Waals surface area (Å²) >= 11 is 0. The number of aliphatic carboxylic acids is 1. The van der Waals surface area contributed by atoms with Crippen LogP contribution in [-0.4, -0.2) is 27.0 Å². The Morgan fingerprint density at radius 3 is 2.67 bits per heavy atom. The van der Waals surface area contributed by atoms with Crippen LogP contribution < -0.4 is 10.9 Å². The molecule has 7 heteroatoms. The van der Waals surface area contributed by atoms with E-state index < -0.39 is 17.8 Å². The molecule has 2 aromatic rings. The third-order valence-electron chi connectivity index (χ3n) is 4.65. The van der Waals surface area contributed by atoms with E-state index in [1.807, 2.05) is 13.0 Å². The van der Waals surface area contributed by atoms with Crippen LogP contribution in [0.3, 0.4) is 0 Å². The van der Waals surface area contributed by atoms with Crippen molar-refractivity contribution in [3.63, 3.8) is 0 Å². The number of amides is 1. The lowest BCUT2D eigenvalue weighted by Gasteiger charge is -2.24. The lowest BCUT2D eigenvalue weighted by Crippen LogP contribution is -2.34. The number of aryl methyl sites for hydroxylation is 1. The Hall–Kier alpha value is -3.22. The van der Waals surface area contributed by atoms with E-state index in [1.165, 1.54) is 6.07 Å². The van der Waals surface area contributed by atoms with Gasteiger partial charge in [0.2, 0.25) is 5.91 Å². The van der Waals surface area contributed by atoms with E-state index in [0.29, 0.717) is 42.0 Å². The fourth-order valence-electron chi connectivity index (χ4n) is 3.18. The molecule has 1 amide bonds. The largest absolute Gasteiger partial charge is 0.481 e. The standard InChI is InChI=1S/C20H21N3O4/c1-2-13-11-17(24)23-18(21-13)12-6-5-7-14(10-12)22-19(25)15-8-3-4-9-16(15)20(26)27/h3-7,10-11,15-16H,2,8-9H2,1H3,(H,22,25)(H,26,27)(H,21,23,24). The number of carbonyl (C=O) groups is 2. The molecule has 3 N–H and O–H groups in total. The molecule has 0 radical (unpaired) electrons. The summed E-state index contributed by atoms with van der Waals surface area (Å²) in [4.78, 5) is 42.9. The van der Waals surface area contributed by atoms with Crippen LogP contribution in [0.5, 0.6) is 0 Å². The molecule has 27 heavy (non-hydrogen) atoms. The van der Waals surface area contributed by atoms with Crippen molar-refractivity contribution in [3.8, 4) is 11.4 Å². The van der Waals surface area contributed by atoms with Crippen LogP contribution in [0.4, 0.5) is 5.69 Å². The highest BCUT2D eigenvalue weighted by Gasteiger charge is 2.33. The van der Waals surface area contributed by atoms with Crippen molar-refractivity contribution in [2.75, 3.05) is 5.32 Å². The number of nitrogens with zero attached hydrogens (tertiary/aromatic N) is 1. The molecule has 1 aromatic heterocycles. The first-order valence-electron chi connectivity index (χ1n) is 8.87. The fraction of sp³-hybridized carbons (Fsp3) is 0.300. The zero-order valence-electron chi connectivity index (χ0n) is 14.9. The van der Waals surface area contributed by atoms with E-state index >= 15 is 0 Å². The van der Waals surface area contributed by atoms with Crippen LogP contribution in [0.2, 0.25) is 0 Å². The summed E-state index contributed by atoms with van der Waals surface area (Å²) in [6, 6.07) is 8.43. The van der Waals surface area contributed by atoms with Crippen molar-refractivity contribution in [2.45, 2.75) is 26.2 Å². The van der Waals surface area contributed by atoms with Gasteiger partial charge in [-0.25, -0.2) is 4.98 Å². The van der Waals surface area contributed by atoms with E-state index in [0.717, 1.165) is 0 Å². The first-order valence-corrected chi connectivity index (χ1v) is 8.87. The third kappa shape index (κ3) is 4.31. The molecule has 7 nitrogen and oxygen atoms in total. The molecule has 0 saturated carbocycles. The molecule has 1 aliphatic rings. The van der Waals surface area contributed by atoms with E-state index in [-0.39, 0.29) is 11.5 Å². The summed E-state index contributed by atoms with van der Waals surface area (Å²) in [6.07, 6.45) is 5.02. The van der Waals surface area contributed by atoms with Gasteiger partial charge in [-0.3, -0.25) is 14.4 Å². The summed E-state index contributed by atoms with van der Waals surface area (Å²) in [5.41, 5.74) is 1.64. The number of anilines is 1. The summed E-state index contributed by atoms with van der Waals surface area (Å²) in [5, 5.41) is 12.1. The average Bonchev–Trinajstić information content (AvgIpc) is 2.67. The van der Waals surface area contributed by atoms with Gasteiger partial charge in [-0.15, -0.1) is 0 Å². The van der Waals surface area contributed by atoms with Gasteiger partial charge in [-0.2, -0.15) is 0 Å². The van der Waals surface area contributed by atoms with Crippen LogP contribution in [0.1, 0.15) is 25.5 Å².